The summed E-state index contributed by atoms with van der Waals surface area (Å²) in [5.74, 6) is 0.981. The van der Waals surface area contributed by atoms with Crippen LogP contribution < -0.4 is 5.32 Å². The average Bonchev–Trinajstić information content (AvgIpc) is 2.43. The lowest BCUT2D eigenvalue weighted by atomic mass is 10.2. The van der Waals surface area contributed by atoms with Crippen LogP contribution in [0.4, 0.5) is 5.69 Å². The molecule has 1 aromatic carbocycles. The van der Waals surface area contributed by atoms with Crippen LogP contribution in [-0.4, -0.2) is 16.9 Å². The molecule has 0 fully saturated rings. The summed E-state index contributed by atoms with van der Waals surface area (Å²) in [5, 5.41) is 12.4. The van der Waals surface area contributed by atoms with Crippen LogP contribution in [-0.2, 0) is 4.79 Å². The van der Waals surface area contributed by atoms with Crippen LogP contribution in [0.25, 0.3) is 0 Å². The number of para-hydroxylation sites is 1. The van der Waals surface area contributed by atoms with Gasteiger partial charge in [0.2, 0.25) is 5.91 Å². The van der Waals surface area contributed by atoms with Gasteiger partial charge in [0.15, 0.2) is 0 Å². The van der Waals surface area contributed by atoms with Gasteiger partial charge < -0.3 is 5.32 Å². The SMILES string of the molecule is CCC(C)SCCCC(=O)Nc1ccccc1C#N. The molecule has 0 aromatic heterocycles. The molecule has 19 heavy (non-hydrogen) atoms. The van der Waals surface area contributed by atoms with Crippen molar-refractivity contribution in [3.05, 3.63) is 29.8 Å². The van der Waals surface area contributed by atoms with E-state index in [4.69, 9.17) is 5.26 Å². The molecule has 4 heteroatoms. The maximum atomic E-state index is 11.8. The molecule has 0 aliphatic heterocycles. The standard InChI is InChI=1S/C15H20N2OS/c1-3-12(2)19-10-6-9-15(18)17-14-8-5-4-7-13(14)11-16/h4-5,7-8,12H,3,6,9-10H2,1-2H3,(H,17,18). The Kier molecular flexibility index (Phi) is 7.06. The first kappa shape index (κ1) is 15.6. The Morgan fingerprint density at radius 1 is 1.47 bits per heavy atom. The first-order valence-corrected chi connectivity index (χ1v) is 7.62. The van der Waals surface area contributed by atoms with E-state index in [2.05, 4.69) is 25.2 Å². The molecule has 0 saturated heterocycles. The fourth-order valence-electron chi connectivity index (χ4n) is 1.54. The molecule has 1 unspecified atom stereocenters. The van der Waals surface area contributed by atoms with Crippen LogP contribution >= 0.6 is 11.8 Å². The van der Waals surface area contributed by atoms with Gasteiger partial charge in [-0.25, -0.2) is 0 Å². The molecule has 0 saturated carbocycles. The molecule has 0 spiro atoms. The second kappa shape index (κ2) is 8.60. The minimum absolute atomic E-state index is 0.0209. The number of hydrogen-bond acceptors (Lipinski definition) is 3. The second-order valence-electron chi connectivity index (χ2n) is 4.40. The van der Waals surface area contributed by atoms with Crippen molar-refractivity contribution in [1.82, 2.24) is 0 Å². The number of nitrogens with zero attached hydrogens (tertiary/aromatic N) is 1. The highest BCUT2D eigenvalue weighted by molar-refractivity contribution is 7.99. The fourth-order valence-corrected chi connectivity index (χ4v) is 2.49. The van der Waals surface area contributed by atoms with Crippen molar-refractivity contribution in [2.24, 2.45) is 0 Å². The van der Waals surface area contributed by atoms with E-state index in [-0.39, 0.29) is 5.91 Å². The number of nitriles is 1. The summed E-state index contributed by atoms with van der Waals surface area (Å²) < 4.78 is 0. The lowest BCUT2D eigenvalue weighted by Crippen LogP contribution is -2.12. The zero-order chi connectivity index (χ0) is 14.1. The van der Waals surface area contributed by atoms with Gasteiger partial charge in [-0.15, -0.1) is 0 Å². The van der Waals surface area contributed by atoms with E-state index >= 15 is 0 Å². The molecule has 0 heterocycles. The smallest absolute Gasteiger partial charge is 0.224 e. The minimum Gasteiger partial charge on any atom is -0.325 e. The predicted octanol–water partition coefficient (Wildman–Crippen LogP) is 3.81. The number of benzene rings is 1. The Balaban J connectivity index is 2.34. The zero-order valence-corrected chi connectivity index (χ0v) is 12.3. The van der Waals surface area contributed by atoms with E-state index in [0.717, 1.165) is 18.6 Å². The van der Waals surface area contributed by atoms with Crippen molar-refractivity contribution < 1.29 is 4.79 Å². The number of hydrogen-bond donors (Lipinski definition) is 1. The first-order chi connectivity index (χ1) is 9.17. The van der Waals surface area contributed by atoms with Crippen molar-refractivity contribution in [2.75, 3.05) is 11.1 Å². The number of amides is 1. The van der Waals surface area contributed by atoms with Gasteiger partial charge >= 0.3 is 0 Å². The highest BCUT2D eigenvalue weighted by Gasteiger charge is 2.06. The zero-order valence-electron chi connectivity index (χ0n) is 11.5. The summed E-state index contributed by atoms with van der Waals surface area (Å²) in [7, 11) is 0. The second-order valence-corrected chi connectivity index (χ2v) is 5.95. The van der Waals surface area contributed by atoms with Gasteiger partial charge in [0.05, 0.1) is 11.3 Å². The van der Waals surface area contributed by atoms with Crippen molar-refractivity contribution in [1.29, 1.82) is 5.26 Å². The van der Waals surface area contributed by atoms with Crippen LogP contribution in [0.5, 0.6) is 0 Å². The maximum Gasteiger partial charge on any atom is 0.224 e. The van der Waals surface area contributed by atoms with Gasteiger partial charge in [0.1, 0.15) is 6.07 Å². The highest BCUT2D eigenvalue weighted by Crippen LogP contribution is 2.17. The normalized spacial score (nSPS) is 11.6. The van der Waals surface area contributed by atoms with Crippen molar-refractivity contribution >= 4 is 23.4 Å². The third-order valence-corrected chi connectivity index (χ3v) is 4.27. The molecule has 0 radical (unpaired) electrons. The van der Waals surface area contributed by atoms with Crippen molar-refractivity contribution in [3.8, 4) is 6.07 Å². The van der Waals surface area contributed by atoms with E-state index < -0.39 is 0 Å². The largest absolute Gasteiger partial charge is 0.325 e. The molecule has 1 rings (SSSR count). The van der Waals surface area contributed by atoms with Crippen LogP contribution in [0, 0.1) is 11.3 Å². The van der Waals surface area contributed by atoms with E-state index in [9.17, 15) is 4.79 Å². The summed E-state index contributed by atoms with van der Waals surface area (Å²) in [6.07, 6.45) is 2.53. The fraction of sp³-hybridized carbons (Fsp3) is 0.467. The highest BCUT2D eigenvalue weighted by atomic mass is 32.2. The van der Waals surface area contributed by atoms with E-state index in [1.54, 1.807) is 18.2 Å². The summed E-state index contributed by atoms with van der Waals surface area (Å²) in [5.41, 5.74) is 1.11. The number of rotatable bonds is 7. The van der Waals surface area contributed by atoms with E-state index in [1.165, 1.54) is 0 Å². The Morgan fingerprint density at radius 2 is 2.21 bits per heavy atom. The molecule has 1 aromatic rings. The first-order valence-electron chi connectivity index (χ1n) is 6.58. The number of carbonyl (C=O) groups is 1. The third-order valence-electron chi connectivity index (χ3n) is 2.85. The third kappa shape index (κ3) is 5.80. The van der Waals surface area contributed by atoms with Gasteiger partial charge in [-0.2, -0.15) is 17.0 Å². The summed E-state index contributed by atoms with van der Waals surface area (Å²) in [6.45, 7) is 4.37. The molecular weight excluding hydrogens is 256 g/mol. The maximum absolute atomic E-state index is 11.8. The Hall–Kier alpha value is -1.47. The summed E-state index contributed by atoms with van der Waals surface area (Å²) >= 11 is 1.90. The van der Waals surface area contributed by atoms with Crippen LogP contribution in [0.3, 0.4) is 0 Å². The number of nitrogens with one attached hydrogen (secondary N) is 1. The Labute approximate surface area is 119 Å². The molecule has 1 amide bonds. The molecule has 3 nitrogen and oxygen atoms in total. The number of thioether (sulfide) groups is 1. The van der Waals surface area contributed by atoms with Gasteiger partial charge in [-0.1, -0.05) is 26.0 Å². The molecule has 0 aliphatic rings. The monoisotopic (exact) mass is 276 g/mol. The van der Waals surface area contributed by atoms with Gasteiger partial charge in [0.25, 0.3) is 0 Å². The molecule has 1 N–H and O–H groups in total. The van der Waals surface area contributed by atoms with Crippen LogP contribution in [0.2, 0.25) is 0 Å². The Morgan fingerprint density at radius 3 is 2.89 bits per heavy atom. The van der Waals surface area contributed by atoms with Gasteiger partial charge in [-0.3, -0.25) is 4.79 Å². The number of carbonyl (C=O) groups excluding carboxylic acids is 1. The van der Waals surface area contributed by atoms with Crippen LogP contribution in [0.15, 0.2) is 24.3 Å². The summed E-state index contributed by atoms with van der Waals surface area (Å²) in [6, 6.07) is 9.13. The molecule has 0 bridgehead atoms. The van der Waals surface area contributed by atoms with E-state index in [1.807, 2.05) is 17.8 Å². The quantitative estimate of drug-likeness (QED) is 0.770. The van der Waals surface area contributed by atoms with Crippen molar-refractivity contribution in [2.45, 2.75) is 38.4 Å². The van der Waals surface area contributed by atoms with Crippen LogP contribution in [0.1, 0.15) is 38.7 Å². The predicted molar refractivity (Wildman–Crippen MR) is 81.2 cm³/mol. The van der Waals surface area contributed by atoms with Gasteiger partial charge in [-0.05, 0) is 30.7 Å². The average molecular weight is 276 g/mol. The lowest BCUT2D eigenvalue weighted by Gasteiger charge is -2.08. The molecule has 1 atom stereocenters. The number of anilines is 1. The summed E-state index contributed by atoms with van der Waals surface area (Å²) in [4.78, 5) is 11.8. The Bertz CT molecular complexity index is 454. The van der Waals surface area contributed by atoms with E-state index in [0.29, 0.717) is 22.9 Å². The topological polar surface area (TPSA) is 52.9 Å². The lowest BCUT2D eigenvalue weighted by molar-refractivity contribution is -0.116. The molecular formula is C15H20N2OS. The van der Waals surface area contributed by atoms with Crippen molar-refractivity contribution in [3.63, 3.8) is 0 Å². The molecule has 102 valence electrons. The van der Waals surface area contributed by atoms with Gasteiger partial charge in [0, 0.05) is 11.7 Å². The minimum atomic E-state index is -0.0209. The molecule has 0 aliphatic carbocycles.